The molecule has 0 aromatic heterocycles. The third-order valence-corrected chi connectivity index (χ3v) is 7.09. The minimum absolute atomic E-state index is 0.0666. The third-order valence-electron chi connectivity index (χ3n) is 4.51. The molecule has 0 bridgehead atoms. The van der Waals surface area contributed by atoms with Gasteiger partial charge >= 0.3 is 0 Å². The highest BCUT2D eigenvalue weighted by atomic mass is 79.9. The van der Waals surface area contributed by atoms with Gasteiger partial charge in [0.05, 0.1) is 16.1 Å². The Labute approximate surface area is 166 Å². The average Bonchev–Trinajstić information content (AvgIpc) is 2.94. The lowest BCUT2D eigenvalue weighted by atomic mass is 10.2. The normalized spacial score (nSPS) is 15.9. The lowest BCUT2D eigenvalue weighted by molar-refractivity contribution is 0.102. The van der Waals surface area contributed by atoms with E-state index in [-0.39, 0.29) is 10.5 Å². The van der Waals surface area contributed by atoms with Crippen LogP contribution in [0.2, 0.25) is 0 Å². The van der Waals surface area contributed by atoms with Crippen LogP contribution in [0.1, 0.15) is 36.0 Å². The van der Waals surface area contributed by atoms with E-state index in [4.69, 9.17) is 0 Å². The van der Waals surface area contributed by atoms with E-state index in [1.54, 1.807) is 24.3 Å². The van der Waals surface area contributed by atoms with Gasteiger partial charge in [0.2, 0.25) is 10.0 Å². The minimum atomic E-state index is -3.76. The number of para-hydroxylation sites is 1. The summed E-state index contributed by atoms with van der Waals surface area (Å²) in [7, 11) is -3.76. The molecular weight excluding hydrogens is 435 g/mol. The SMILES string of the molecule is O=C(Nc1ccccc1Br)c1cc(S(=O)(=O)N2CCCCCC2)ccc1F. The van der Waals surface area contributed by atoms with Crippen molar-refractivity contribution in [2.45, 2.75) is 30.6 Å². The van der Waals surface area contributed by atoms with Gasteiger partial charge in [-0.3, -0.25) is 4.79 Å². The molecule has 0 aliphatic carbocycles. The second kappa shape index (κ2) is 8.50. The first-order valence-electron chi connectivity index (χ1n) is 8.75. The van der Waals surface area contributed by atoms with Gasteiger partial charge < -0.3 is 5.32 Å². The fourth-order valence-electron chi connectivity index (χ4n) is 3.02. The highest BCUT2D eigenvalue weighted by Gasteiger charge is 2.27. The minimum Gasteiger partial charge on any atom is -0.321 e. The Morgan fingerprint density at radius 3 is 2.37 bits per heavy atom. The summed E-state index contributed by atoms with van der Waals surface area (Å²) in [6, 6.07) is 10.3. The van der Waals surface area contributed by atoms with Gasteiger partial charge in [-0.25, -0.2) is 12.8 Å². The fraction of sp³-hybridized carbons (Fsp3) is 0.316. The number of anilines is 1. The number of benzene rings is 2. The van der Waals surface area contributed by atoms with Crippen LogP contribution >= 0.6 is 15.9 Å². The van der Waals surface area contributed by atoms with Crippen LogP contribution in [-0.4, -0.2) is 31.7 Å². The molecule has 1 fully saturated rings. The van der Waals surface area contributed by atoms with Gasteiger partial charge in [-0.1, -0.05) is 25.0 Å². The number of carbonyl (C=O) groups excluding carboxylic acids is 1. The first-order chi connectivity index (χ1) is 12.9. The number of halogens is 2. The van der Waals surface area contributed by atoms with Crippen LogP contribution in [0, 0.1) is 5.82 Å². The molecule has 8 heteroatoms. The molecule has 144 valence electrons. The Hall–Kier alpha value is -1.77. The summed E-state index contributed by atoms with van der Waals surface area (Å²) in [5.41, 5.74) is 0.171. The quantitative estimate of drug-likeness (QED) is 0.743. The molecule has 5 nitrogen and oxygen atoms in total. The second-order valence-electron chi connectivity index (χ2n) is 6.39. The summed E-state index contributed by atoms with van der Waals surface area (Å²) in [5, 5.41) is 2.60. The number of sulfonamides is 1. The number of nitrogens with one attached hydrogen (secondary N) is 1. The first kappa shape index (κ1) is 20.0. The summed E-state index contributed by atoms with van der Waals surface area (Å²) in [6.45, 7) is 0.885. The standard InChI is InChI=1S/C19H20BrFN2O3S/c20-16-7-3-4-8-18(16)22-19(24)15-13-14(9-10-17(15)21)27(25,26)23-11-5-1-2-6-12-23/h3-4,7-10,13H,1-2,5-6,11-12H2,(H,22,24). The number of hydrogen-bond acceptors (Lipinski definition) is 3. The van der Waals surface area contributed by atoms with Crippen molar-refractivity contribution < 1.29 is 17.6 Å². The molecule has 0 unspecified atom stereocenters. The van der Waals surface area contributed by atoms with Crippen LogP contribution in [0.3, 0.4) is 0 Å². The Balaban J connectivity index is 1.89. The van der Waals surface area contributed by atoms with E-state index in [9.17, 15) is 17.6 Å². The van der Waals surface area contributed by atoms with E-state index in [0.29, 0.717) is 23.2 Å². The van der Waals surface area contributed by atoms with Crippen molar-refractivity contribution in [3.05, 3.63) is 58.3 Å². The Morgan fingerprint density at radius 1 is 1.04 bits per heavy atom. The highest BCUT2D eigenvalue weighted by Crippen LogP contribution is 2.25. The predicted octanol–water partition coefficient (Wildman–Crippen LogP) is 4.41. The summed E-state index contributed by atoms with van der Waals surface area (Å²) in [6.07, 6.45) is 3.59. The van der Waals surface area contributed by atoms with E-state index < -0.39 is 21.7 Å². The average molecular weight is 455 g/mol. The molecule has 0 spiro atoms. The van der Waals surface area contributed by atoms with Crippen molar-refractivity contribution in [2.24, 2.45) is 0 Å². The number of rotatable bonds is 4. The zero-order valence-electron chi connectivity index (χ0n) is 14.6. The number of hydrogen-bond donors (Lipinski definition) is 1. The van der Waals surface area contributed by atoms with E-state index in [1.807, 2.05) is 0 Å². The maximum atomic E-state index is 14.2. The van der Waals surface area contributed by atoms with Crippen LogP contribution in [0.15, 0.2) is 51.8 Å². The maximum Gasteiger partial charge on any atom is 0.258 e. The van der Waals surface area contributed by atoms with E-state index in [0.717, 1.165) is 37.8 Å². The predicted molar refractivity (Wildman–Crippen MR) is 106 cm³/mol. The van der Waals surface area contributed by atoms with Gasteiger partial charge in [-0.2, -0.15) is 4.31 Å². The number of carbonyl (C=O) groups is 1. The molecule has 0 atom stereocenters. The van der Waals surface area contributed by atoms with Crippen molar-refractivity contribution in [3.63, 3.8) is 0 Å². The van der Waals surface area contributed by atoms with Crippen LogP contribution in [0.25, 0.3) is 0 Å². The Kier molecular flexibility index (Phi) is 6.29. The van der Waals surface area contributed by atoms with Gasteiger partial charge in [0.1, 0.15) is 5.82 Å². The van der Waals surface area contributed by atoms with Crippen LogP contribution in [0.5, 0.6) is 0 Å². The van der Waals surface area contributed by atoms with E-state index in [2.05, 4.69) is 21.2 Å². The van der Waals surface area contributed by atoms with Crippen molar-refractivity contribution in [3.8, 4) is 0 Å². The van der Waals surface area contributed by atoms with Gasteiger partial charge in [0.25, 0.3) is 5.91 Å². The molecule has 1 N–H and O–H groups in total. The first-order valence-corrected chi connectivity index (χ1v) is 11.0. The second-order valence-corrected chi connectivity index (χ2v) is 9.19. The molecule has 1 saturated heterocycles. The lowest BCUT2D eigenvalue weighted by Gasteiger charge is -2.20. The molecule has 1 amide bonds. The monoisotopic (exact) mass is 454 g/mol. The third kappa shape index (κ3) is 4.56. The molecule has 27 heavy (non-hydrogen) atoms. The molecule has 1 aliphatic heterocycles. The molecule has 0 radical (unpaired) electrons. The van der Waals surface area contributed by atoms with E-state index in [1.165, 1.54) is 10.4 Å². The van der Waals surface area contributed by atoms with Crippen LogP contribution in [0.4, 0.5) is 10.1 Å². The summed E-state index contributed by atoms with van der Waals surface area (Å²) >= 11 is 3.31. The van der Waals surface area contributed by atoms with Gasteiger partial charge in [0.15, 0.2) is 0 Å². The fourth-order valence-corrected chi connectivity index (χ4v) is 4.95. The molecule has 2 aromatic rings. The largest absolute Gasteiger partial charge is 0.321 e. The Morgan fingerprint density at radius 2 is 1.70 bits per heavy atom. The lowest BCUT2D eigenvalue weighted by Crippen LogP contribution is -2.32. The Bertz CT molecular complexity index is 942. The maximum absolute atomic E-state index is 14.2. The number of amides is 1. The topological polar surface area (TPSA) is 66.5 Å². The molecule has 1 aliphatic rings. The van der Waals surface area contributed by atoms with Crippen molar-refractivity contribution >= 4 is 37.5 Å². The molecule has 1 heterocycles. The van der Waals surface area contributed by atoms with Crippen LogP contribution in [-0.2, 0) is 10.0 Å². The van der Waals surface area contributed by atoms with Gasteiger partial charge in [-0.05, 0) is 59.1 Å². The number of nitrogens with zero attached hydrogens (tertiary/aromatic N) is 1. The van der Waals surface area contributed by atoms with E-state index >= 15 is 0 Å². The molecular formula is C19H20BrFN2O3S. The van der Waals surface area contributed by atoms with Crippen molar-refractivity contribution in [2.75, 3.05) is 18.4 Å². The zero-order chi connectivity index (χ0) is 19.4. The molecule has 2 aromatic carbocycles. The summed E-state index contributed by atoms with van der Waals surface area (Å²) < 4.78 is 42.1. The van der Waals surface area contributed by atoms with Crippen molar-refractivity contribution in [1.29, 1.82) is 0 Å². The van der Waals surface area contributed by atoms with Gasteiger partial charge in [-0.15, -0.1) is 0 Å². The van der Waals surface area contributed by atoms with Crippen LogP contribution < -0.4 is 5.32 Å². The molecule has 0 saturated carbocycles. The molecule has 3 rings (SSSR count). The zero-order valence-corrected chi connectivity index (χ0v) is 17.0. The van der Waals surface area contributed by atoms with Gasteiger partial charge in [0, 0.05) is 17.6 Å². The highest BCUT2D eigenvalue weighted by molar-refractivity contribution is 9.10. The summed E-state index contributed by atoms with van der Waals surface area (Å²) in [5.74, 6) is -1.47. The smallest absolute Gasteiger partial charge is 0.258 e. The van der Waals surface area contributed by atoms with Crippen molar-refractivity contribution in [1.82, 2.24) is 4.31 Å². The summed E-state index contributed by atoms with van der Waals surface area (Å²) in [4.78, 5) is 12.5.